The first-order chi connectivity index (χ1) is 12.5. The second-order valence-corrected chi connectivity index (χ2v) is 5.29. The third kappa shape index (κ3) is 3.99. The number of benzene rings is 1. The number of anilines is 1. The van der Waals surface area contributed by atoms with E-state index in [1.807, 2.05) is 32.9 Å². The molecule has 2 aromatic heterocycles. The highest BCUT2D eigenvalue weighted by Gasteiger charge is 2.16. The monoisotopic (exact) mass is 361 g/mol. The van der Waals surface area contributed by atoms with Crippen LogP contribution in [0.4, 0.5) is 14.5 Å². The molecule has 0 spiro atoms. The van der Waals surface area contributed by atoms with Gasteiger partial charge in [0.05, 0.1) is 18.4 Å². The second-order valence-electron chi connectivity index (χ2n) is 5.29. The molecule has 138 valence electrons. The van der Waals surface area contributed by atoms with Crippen LogP contribution < -0.4 is 10.1 Å². The number of rotatable bonds is 4. The summed E-state index contributed by atoms with van der Waals surface area (Å²) in [5.41, 5.74) is 3.62. The summed E-state index contributed by atoms with van der Waals surface area (Å²) < 4.78 is 30.0. The molecule has 2 heterocycles. The number of pyridine rings is 1. The molecule has 5 nitrogen and oxygen atoms in total. The molecule has 7 heteroatoms. The van der Waals surface area contributed by atoms with Gasteiger partial charge in [-0.05, 0) is 36.8 Å². The lowest BCUT2D eigenvalue weighted by molar-refractivity contribution is -0.126. The molecule has 0 aliphatic heterocycles. The van der Waals surface area contributed by atoms with E-state index in [4.69, 9.17) is 4.74 Å². The summed E-state index contributed by atoms with van der Waals surface area (Å²) >= 11 is 0. The zero-order chi connectivity index (χ0) is 19.3. The standard InChI is InChI=1S/C17H15F2N3O2.C2H6/c1-9-5-6-20-17(24-2)14(9)13-7-10-3-4-11(8-12(10)22-13)21-16(23)15(18)19;1-2/h3-8,15,22H,1-2H3,(H,21,23);1-2H3. The predicted octanol–water partition coefficient (Wildman–Crippen LogP) is 4.78. The van der Waals surface area contributed by atoms with Crippen molar-refractivity contribution in [2.24, 2.45) is 0 Å². The highest BCUT2D eigenvalue weighted by atomic mass is 19.3. The molecule has 2 N–H and O–H groups in total. The molecular weight excluding hydrogens is 340 g/mol. The second kappa shape index (κ2) is 8.42. The maximum Gasteiger partial charge on any atom is 0.315 e. The number of aromatic nitrogens is 2. The van der Waals surface area contributed by atoms with E-state index in [9.17, 15) is 13.6 Å². The van der Waals surface area contributed by atoms with E-state index in [1.54, 1.807) is 31.5 Å². The maximum absolute atomic E-state index is 12.3. The van der Waals surface area contributed by atoms with Crippen LogP contribution in [0, 0.1) is 6.92 Å². The molecule has 0 aliphatic carbocycles. The van der Waals surface area contributed by atoms with Crippen molar-refractivity contribution in [3.63, 3.8) is 0 Å². The van der Waals surface area contributed by atoms with Crippen LogP contribution >= 0.6 is 0 Å². The van der Waals surface area contributed by atoms with Gasteiger partial charge in [-0.2, -0.15) is 8.78 Å². The molecular formula is C19H21F2N3O2. The summed E-state index contributed by atoms with van der Waals surface area (Å²) in [7, 11) is 1.55. The van der Waals surface area contributed by atoms with Crippen LogP contribution in [0.5, 0.6) is 5.88 Å². The number of nitrogens with zero attached hydrogens (tertiary/aromatic N) is 1. The van der Waals surface area contributed by atoms with Gasteiger partial charge in [0.1, 0.15) is 0 Å². The molecule has 1 aromatic carbocycles. The highest BCUT2D eigenvalue weighted by molar-refractivity contribution is 5.96. The number of halogens is 2. The zero-order valence-corrected chi connectivity index (χ0v) is 15.1. The van der Waals surface area contributed by atoms with E-state index < -0.39 is 12.3 Å². The Labute approximate surface area is 150 Å². The Bertz CT molecular complexity index is 907. The van der Waals surface area contributed by atoms with Crippen molar-refractivity contribution in [2.75, 3.05) is 12.4 Å². The molecule has 0 radical (unpaired) electrons. The molecule has 0 fully saturated rings. The van der Waals surface area contributed by atoms with E-state index in [1.165, 1.54) is 0 Å². The van der Waals surface area contributed by atoms with Crippen molar-refractivity contribution in [2.45, 2.75) is 27.2 Å². The smallest absolute Gasteiger partial charge is 0.315 e. The van der Waals surface area contributed by atoms with Crippen LogP contribution in [-0.2, 0) is 4.79 Å². The summed E-state index contributed by atoms with van der Waals surface area (Å²) in [4.78, 5) is 18.5. The first kappa shape index (κ1) is 19.4. The molecule has 1 amide bonds. The van der Waals surface area contributed by atoms with E-state index in [-0.39, 0.29) is 0 Å². The molecule has 0 atom stereocenters. The van der Waals surface area contributed by atoms with E-state index >= 15 is 0 Å². The Morgan fingerprint density at radius 1 is 1.23 bits per heavy atom. The Kier molecular flexibility index (Phi) is 6.27. The Morgan fingerprint density at radius 2 is 1.96 bits per heavy atom. The molecule has 26 heavy (non-hydrogen) atoms. The number of hydrogen-bond acceptors (Lipinski definition) is 3. The number of aryl methyl sites for hydroxylation is 1. The number of methoxy groups -OCH3 is 1. The fourth-order valence-corrected chi connectivity index (χ4v) is 2.55. The van der Waals surface area contributed by atoms with Gasteiger partial charge in [0.2, 0.25) is 5.88 Å². The van der Waals surface area contributed by atoms with Crippen molar-refractivity contribution >= 4 is 22.5 Å². The van der Waals surface area contributed by atoms with Crippen LogP contribution in [0.1, 0.15) is 19.4 Å². The maximum atomic E-state index is 12.3. The lowest BCUT2D eigenvalue weighted by Crippen LogP contribution is -2.19. The fourth-order valence-electron chi connectivity index (χ4n) is 2.55. The lowest BCUT2D eigenvalue weighted by atomic mass is 10.1. The summed E-state index contributed by atoms with van der Waals surface area (Å²) in [6.07, 6.45) is -1.39. The molecule has 0 aliphatic rings. The van der Waals surface area contributed by atoms with E-state index in [0.717, 1.165) is 22.2 Å². The van der Waals surface area contributed by atoms with Crippen molar-refractivity contribution < 1.29 is 18.3 Å². The SMILES string of the molecule is CC.COc1nccc(C)c1-c1cc2ccc(NC(=O)C(F)F)cc2[nH]1. The summed E-state index contributed by atoms with van der Waals surface area (Å²) in [5.74, 6) is -0.835. The quantitative estimate of drug-likeness (QED) is 0.703. The number of nitrogens with one attached hydrogen (secondary N) is 2. The average Bonchev–Trinajstić information content (AvgIpc) is 3.05. The number of fused-ring (bicyclic) bond motifs is 1. The van der Waals surface area contributed by atoms with Crippen LogP contribution in [0.15, 0.2) is 36.5 Å². The van der Waals surface area contributed by atoms with Gasteiger partial charge in [0.25, 0.3) is 5.91 Å². The number of amides is 1. The van der Waals surface area contributed by atoms with Crippen LogP contribution in [0.25, 0.3) is 22.2 Å². The van der Waals surface area contributed by atoms with Gasteiger partial charge in [-0.1, -0.05) is 19.9 Å². The van der Waals surface area contributed by atoms with Crippen molar-refractivity contribution in [1.82, 2.24) is 9.97 Å². The van der Waals surface area contributed by atoms with E-state index in [0.29, 0.717) is 17.1 Å². The van der Waals surface area contributed by atoms with Crippen LogP contribution in [0.3, 0.4) is 0 Å². The zero-order valence-electron chi connectivity index (χ0n) is 15.1. The van der Waals surface area contributed by atoms with Gasteiger partial charge >= 0.3 is 6.43 Å². The minimum absolute atomic E-state index is 0.302. The molecule has 0 bridgehead atoms. The highest BCUT2D eigenvalue weighted by Crippen LogP contribution is 2.33. The number of aromatic amines is 1. The van der Waals surface area contributed by atoms with Gasteiger partial charge in [0.15, 0.2) is 0 Å². The van der Waals surface area contributed by atoms with Crippen molar-refractivity contribution in [3.8, 4) is 17.1 Å². The summed E-state index contributed by atoms with van der Waals surface area (Å²) in [6.45, 7) is 5.94. The van der Waals surface area contributed by atoms with Gasteiger partial charge in [-0.25, -0.2) is 4.98 Å². The summed E-state index contributed by atoms with van der Waals surface area (Å²) in [6, 6.07) is 8.72. The molecule has 0 saturated carbocycles. The molecule has 0 unspecified atom stereocenters. The Hall–Kier alpha value is -2.96. The van der Waals surface area contributed by atoms with Crippen LogP contribution in [0.2, 0.25) is 0 Å². The fraction of sp³-hybridized carbons (Fsp3) is 0.263. The summed E-state index contributed by atoms with van der Waals surface area (Å²) in [5, 5.41) is 3.05. The third-order valence-electron chi connectivity index (χ3n) is 3.68. The largest absolute Gasteiger partial charge is 0.480 e. The topological polar surface area (TPSA) is 67.0 Å². The normalized spacial score (nSPS) is 10.4. The van der Waals surface area contributed by atoms with Crippen molar-refractivity contribution in [3.05, 3.63) is 42.1 Å². The Morgan fingerprint density at radius 3 is 2.62 bits per heavy atom. The first-order valence-corrected chi connectivity index (χ1v) is 8.21. The number of alkyl halides is 2. The molecule has 3 aromatic rings. The minimum Gasteiger partial charge on any atom is -0.480 e. The van der Waals surface area contributed by atoms with Gasteiger partial charge in [-0.15, -0.1) is 0 Å². The third-order valence-corrected chi connectivity index (χ3v) is 3.68. The van der Waals surface area contributed by atoms with Gasteiger partial charge < -0.3 is 15.0 Å². The van der Waals surface area contributed by atoms with E-state index in [2.05, 4.69) is 15.3 Å². The number of carbonyl (C=O) groups is 1. The minimum atomic E-state index is -3.05. The van der Waals surface area contributed by atoms with Crippen molar-refractivity contribution in [1.29, 1.82) is 0 Å². The average molecular weight is 361 g/mol. The molecule has 3 rings (SSSR count). The number of ether oxygens (including phenoxy) is 1. The first-order valence-electron chi connectivity index (χ1n) is 8.21. The van der Waals surface area contributed by atoms with Gasteiger partial charge in [-0.3, -0.25) is 4.79 Å². The number of H-pyrrole nitrogens is 1. The number of carbonyl (C=O) groups excluding carboxylic acids is 1. The molecule has 0 saturated heterocycles. The van der Waals surface area contributed by atoms with Crippen LogP contribution in [-0.4, -0.2) is 29.4 Å². The predicted molar refractivity (Wildman–Crippen MR) is 98.8 cm³/mol. The van der Waals surface area contributed by atoms with Gasteiger partial charge in [0, 0.05) is 22.8 Å². The Balaban J connectivity index is 0.00000117. The lowest BCUT2D eigenvalue weighted by Gasteiger charge is -2.08. The number of hydrogen-bond donors (Lipinski definition) is 2.